The van der Waals surface area contributed by atoms with Gasteiger partial charge in [0.15, 0.2) is 5.69 Å². The van der Waals surface area contributed by atoms with Crippen LogP contribution in [0.5, 0.6) is 5.75 Å². The van der Waals surface area contributed by atoms with E-state index in [0.717, 1.165) is 11.1 Å². The lowest BCUT2D eigenvalue weighted by Crippen LogP contribution is -2.23. The quantitative estimate of drug-likeness (QED) is 0.476. The second-order valence-corrected chi connectivity index (χ2v) is 6.65. The highest BCUT2D eigenvalue weighted by Gasteiger charge is 2.35. The number of ether oxygens (including phenoxy) is 1. The van der Waals surface area contributed by atoms with Gasteiger partial charge < -0.3 is 4.74 Å². The molecule has 0 saturated heterocycles. The lowest BCUT2D eigenvalue weighted by molar-refractivity contribution is 0.0972. The number of nitrogens with zero attached hydrogens (tertiary/aromatic N) is 3. The maximum Gasteiger partial charge on any atom is 0.216 e. The van der Waals surface area contributed by atoms with Crippen LogP contribution in [0.2, 0.25) is 0 Å². The molecule has 1 heterocycles. The van der Waals surface area contributed by atoms with Gasteiger partial charge in [0.1, 0.15) is 11.4 Å². The molecule has 0 radical (unpaired) electrons. The molecule has 0 saturated carbocycles. The largest absolute Gasteiger partial charge is 0.496 e. The molecule has 0 N–H and O–H groups in total. The molecule has 0 bridgehead atoms. The van der Waals surface area contributed by atoms with Crippen molar-refractivity contribution in [2.45, 2.75) is 0 Å². The van der Waals surface area contributed by atoms with Crippen LogP contribution in [0.15, 0.2) is 72.8 Å². The van der Waals surface area contributed by atoms with Gasteiger partial charge >= 0.3 is 0 Å². The van der Waals surface area contributed by atoms with Gasteiger partial charge in [0.25, 0.3) is 0 Å². The molecule has 0 aliphatic heterocycles. The molecule has 140 valence electrons. The lowest BCUT2D eigenvalue weighted by atomic mass is 9.90. The highest BCUT2D eigenvalue weighted by molar-refractivity contribution is 6.27. The van der Waals surface area contributed by atoms with Crippen LogP contribution >= 0.6 is 0 Å². The molecule has 0 fully saturated rings. The van der Waals surface area contributed by atoms with Crippen molar-refractivity contribution in [3.63, 3.8) is 0 Å². The minimum atomic E-state index is -0.297. The first-order valence-corrected chi connectivity index (χ1v) is 9.07. The van der Waals surface area contributed by atoms with E-state index in [1.54, 1.807) is 37.4 Å². The number of aromatic nitrogens is 3. The molecule has 3 aromatic carbocycles. The summed E-state index contributed by atoms with van der Waals surface area (Å²) >= 11 is 0. The van der Waals surface area contributed by atoms with Crippen LogP contribution in [0.3, 0.4) is 0 Å². The van der Waals surface area contributed by atoms with Gasteiger partial charge in [-0.25, -0.2) is 4.68 Å². The Hall–Kier alpha value is -4.06. The number of fused-ring (bicyclic) bond motifs is 2. The fraction of sp³-hybridized carbons (Fsp3) is 0.0435. The number of hydrogen-bond donors (Lipinski definition) is 0. The normalized spacial score (nSPS) is 12.4. The number of carbonyl (C=O) groups is 2. The Labute approximate surface area is 166 Å². The van der Waals surface area contributed by atoms with Crippen molar-refractivity contribution < 1.29 is 14.3 Å². The van der Waals surface area contributed by atoms with Crippen molar-refractivity contribution in [1.82, 2.24) is 15.0 Å². The molecule has 29 heavy (non-hydrogen) atoms. The van der Waals surface area contributed by atoms with Gasteiger partial charge in [-0.3, -0.25) is 9.59 Å². The number of rotatable bonds is 3. The van der Waals surface area contributed by atoms with E-state index in [2.05, 4.69) is 10.3 Å². The van der Waals surface area contributed by atoms with Gasteiger partial charge in [-0.15, -0.1) is 5.10 Å². The Kier molecular flexibility index (Phi) is 3.84. The summed E-state index contributed by atoms with van der Waals surface area (Å²) in [5, 5.41) is 8.10. The third-order valence-electron chi connectivity index (χ3n) is 5.03. The second-order valence-electron chi connectivity index (χ2n) is 6.65. The Morgan fingerprint density at radius 1 is 0.793 bits per heavy atom. The van der Waals surface area contributed by atoms with E-state index < -0.39 is 0 Å². The zero-order chi connectivity index (χ0) is 20.0. The summed E-state index contributed by atoms with van der Waals surface area (Å²) in [5.41, 5.74) is 3.48. The van der Waals surface area contributed by atoms with Crippen molar-refractivity contribution in [2.75, 3.05) is 7.11 Å². The third kappa shape index (κ3) is 2.57. The first-order chi connectivity index (χ1) is 14.2. The molecule has 0 atom stereocenters. The predicted octanol–water partition coefficient (Wildman–Crippen LogP) is 3.72. The van der Waals surface area contributed by atoms with E-state index in [0.29, 0.717) is 22.6 Å². The van der Waals surface area contributed by atoms with Crippen LogP contribution in [0.1, 0.15) is 32.1 Å². The van der Waals surface area contributed by atoms with Crippen molar-refractivity contribution in [2.24, 2.45) is 0 Å². The van der Waals surface area contributed by atoms with Crippen molar-refractivity contribution in [3.8, 4) is 22.6 Å². The summed E-state index contributed by atoms with van der Waals surface area (Å²) in [6.07, 6.45) is 0. The Bertz CT molecular complexity index is 1280. The molecule has 0 spiro atoms. The molecule has 1 aliphatic rings. The summed E-state index contributed by atoms with van der Waals surface area (Å²) in [5.74, 6) is 0.0635. The standard InChI is InChI=1S/C23H15N3O3/c1-29-19-13-15(11-12-16(19)14-7-3-2-4-8-14)26-21-20(24-25-26)22(27)17-9-5-6-10-18(17)23(21)28/h2-13H,1H3. The number of methoxy groups -OCH3 is 1. The second kappa shape index (κ2) is 6.53. The summed E-state index contributed by atoms with van der Waals surface area (Å²) in [4.78, 5) is 25.8. The monoisotopic (exact) mass is 381 g/mol. The summed E-state index contributed by atoms with van der Waals surface area (Å²) in [7, 11) is 1.59. The molecule has 6 heteroatoms. The Morgan fingerprint density at radius 2 is 1.48 bits per heavy atom. The van der Waals surface area contributed by atoms with Gasteiger partial charge in [0, 0.05) is 22.8 Å². The summed E-state index contributed by atoms with van der Waals surface area (Å²) in [6, 6.07) is 22.1. The fourth-order valence-corrected chi connectivity index (χ4v) is 3.62. The molecule has 6 nitrogen and oxygen atoms in total. The van der Waals surface area contributed by atoms with Crippen LogP contribution in [0, 0.1) is 0 Å². The van der Waals surface area contributed by atoms with E-state index in [-0.39, 0.29) is 23.0 Å². The highest BCUT2D eigenvalue weighted by Crippen LogP contribution is 2.33. The van der Waals surface area contributed by atoms with Crippen molar-refractivity contribution >= 4 is 11.6 Å². The van der Waals surface area contributed by atoms with Gasteiger partial charge in [-0.2, -0.15) is 0 Å². The van der Waals surface area contributed by atoms with Crippen LogP contribution in [-0.4, -0.2) is 33.7 Å². The molecular weight excluding hydrogens is 366 g/mol. The van der Waals surface area contributed by atoms with Gasteiger partial charge in [-0.1, -0.05) is 59.8 Å². The average Bonchev–Trinajstić information content (AvgIpc) is 3.23. The topological polar surface area (TPSA) is 74.1 Å². The van der Waals surface area contributed by atoms with Crippen molar-refractivity contribution in [3.05, 3.63) is 95.3 Å². The van der Waals surface area contributed by atoms with E-state index in [1.165, 1.54) is 4.68 Å². The SMILES string of the molecule is COc1cc(-n2nnc3c2C(=O)c2ccccc2C3=O)ccc1-c1ccccc1. The summed E-state index contributed by atoms with van der Waals surface area (Å²) < 4.78 is 6.98. The fourth-order valence-electron chi connectivity index (χ4n) is 3.62. The van der Waals surface area contributed by atoms with Crippen LogP contribution in [0.25, 0.3) is 16.8 Å². The van der Waals surface area contributed by atoms with Crippen LogP contribution in [0.4, 0.5) is 0 Å². The molecule has 4 aromatic rings. The zero-order valence-corrected chi connectivity index (χ0v) is 15.5. The maximum absolute atomic E-state index is 13.1. The number of ketones is 2. The average molecular weight is 381 g/mol. The first-order valence-electron chi connectivity index (χ1n) is 9.07. The number of hydrogen-bond acceptors (Lipinski definition) is 5. The minimum absolute atomic E-state index is 0.0693. The van der Waals surface area contributed by atoms with Crippen LogP contribution in [-0.2, 0) is 0 Å². The predicted molar refractivity (Wildman–Crippen MR) is 107 cm³/mol. The first kappa shape index (κ1) is 17.1. The van der Waals surface area contributed by atoms with E-state index in [4.69, 9.17) is 4.74 Å². The minimum Gasteiger partial charge on any atom is -0.496 e. The molecular formula is C23H15N3O3. The molecule has 0 unspecified atom stereocenters. The molecule has 1 aliphatic carbocycles. The van der Waals surface area contributed by atoms with Gasteiger partial charge in [-0.05, 0) is 17.7 Å². The third-order valence-corrected chi connectivity index (χ3v) is 5.03. The highest BCUT2D eigenvalue weighted by atomic mass is 16.5. The number of benzene rings is 3. The molecule has 0 amide bonds. The van der Waals surface area contributed by atoms with E-state index >= 15 is 0 Å². The van der Waals surface area contributed by atoms with Crippen LogP contribution < -0.4 is 4.74 Å². The Morgan fingerprint density at radius 3 is 2.21 bits per heavy atom. The molecule has 1 aromatic heterocycles. The maximum atomic E-state index is 13.1. The Balaban J connectivity index is 1.65. The summed E-state index contributed by atoms with van der Waals surface area (Å²) in [6.45, 7) is 0. The molecule has 5 rings (SSSR count). The van der Waals surface area contributed by atoms with Gasteiger partial charge in [0.05, 0.1) is 12.8 Å². The smallest absolute Gasteiger partial charge is 0.216 e. The zero-order valence-electron chi connectivity index (χ0n) is 15.5. The van der Waals surface area contributed by atoms with Crippen molar-refractivity contribution in [1.29, 1.82) is 0 Å². The lowest BCUT2D eigenvalue weighted by Gasteiger charge is -2.15. The number of carbonyl (C=O) groups excluding carboxylic acids is 2. The van der Waals surface area contributed by atoms with E-state index in [1.807, 2.05) is 42.5 Å². The van der Waals surface area contributed by atoms with Gasteiger partial charge in [0.2, 0.25) is 11.6 Å². The van der Waals surface area contributed by atoms with E-state index in [9.17, 15) is 9.59 Å².